The number of alkyl halides is 2. The van der Waals surface area contributed by atoms with Crippen molar-refractivity contribution >= 4 is 34.7 Å². The Labute approximate surface area is 213 Å². The predicted molar refractivity (Wildman–Crippen MR) is 125 cm³/mol. The van der Waals surface area contributed by atoms with Crippen molar-refractivity contribution in [3.05, 3.63) is 62.5 Å². The number of benzene rings is 1. The number of carbonyl (C=O) groups is 1. The minimum absolute atomic E-state index is 0.0288. The second-order valence-electron chi connectivity index (χ2n) is 8.93. The van der Waals surface area contributed by atoms with E-state index in [1.54, 1.807) is 11.6 Å². The number of fused-ring (bicyclic) bond motifs is 2. The van der Waals surface area contributed by atoms with E-state index in [4.69, 9.17) is 16.3 Å². The number of amidine groups is 1. The van der Waals surface area contributed by atoms with E-state index < -0.39 is 54.5 Å². The van der Waals surface area contributed by atoms with Crippen LogP contribution in [0.5, 0.6) is 0 Å². The first kappa shape index (κ1) is 25.2. The van der Waals surface area contributed by atoms with E-state index in [1.807, 2.05) is 0 Å². The Morgan fingerprint density at radius 2 is 2.19 bits per heavy atom. The number of thiazole rings is 1. The Morgan fingerprint density at radius 3 is 2.83 bits per heavy atom. The number of nitrogens with one attached hydrogen (secondary N) is 1. The number of aromatic nitrogens is 1. The molecule has 5 rings (SSSR count). The van der Waals surface area contributed by atoms with E-state index in [0.717, 1.165) is 6.07 Å². The van der Waals surface area contributed by atoms with Crippen LogP contribution in [0.3, 0.4) is 0 Å². The van der Waals surface area contributed by atoms with E-state index in [9.17, 15) is 28.2 Å². The number of hydrogen-bond donors (Lipinski definition) is 3. The third-order valence-corrected chi connectivity index (χ3v) is 8.04. The van der Waals surface area contributed by atoms with Crippen molar-refractivity contribution in [1.29, 1.82) is 0 Å². The second kappa shape index (κ2) is 9.42. The fourth-order valence-electron chi connectivity index (χ4n) is 5.32. The molecule has 4 heterocycles. The predicted octanol–water partition coefficient (Wildman–Crippen LogP) is 2.86. The molecule has 2 saturated heterocycles. The van der Waals surface area contributed by atoms with Crippen molar-refractivity contribution in [2.24, 2.45) is 10.9 Å². The summed E-state index contributed by atoms with van der Waals surface area (Å²) in [6.45, 7) is -0.141. The summed E-state index contributed by atoms with van der Waals surface area (Å²) in [4.78, 5) is 23.4. The molecular formula is C23H22ClF3N4O4S. The standard InChI is InChI=1S/C23H22ClF3N4O4S/c1-35-22(34)17-14(9-31-15-8-23(26,27)16(31)7-12(15)21(32)33)29-19(20-28-4-5-36-20)30-18(17)11-3-2-10(25)6-13(11)24/h2-6,12,15-16,18,21,32-33H,7-9H2,1H3,(H,29,30). The van der Waals surface area contributed by atoms with Gasteiger partial charge >= 0.3 is 5.97 Å². The molecular weight excluding hydrogens is 521 g/mol. The van der Waals surface area contributed by atoms with Gasteiger partial charge in [-0.2, -0.15) is 0 Å². The molecule has 0 saturated carbocycles. The van der Waals surface area contributed by atoms with Crippen molar-refractivity contribution < 1.29 is 32.9 Å². The summed E-state index contributed by atoms with van der Waals surface area (Å²) < 4.78 is 48.2. The highest BCUT2D eigenvalue weighted by molar-refractivity contribution is 7.11. The first-order valence-corrected chi connectivity index (χ1v) is 12.4. The molecule has 3 N–H and O–H groups in total. The van der Waals surface area contributed by atoms with Crippen LogP contribution in [0, 0.1) is 11.7 Å². The highest BCUT2D eigenvalue weighted by atomic mass is 35.5. The van der Waals surface area contributed by atoms with Gasteiger partial charge in [0.15, 0.2) is 17.1 Å². The Kier molecular flexibility index (Phi) is 6.58. The van der Waals surface area contributed by atoms with Crippen molar-refractivity contribution in [1.82, 2.24) is 15.2 Å². The highest BCUT2D eigenvalue weighted by Gasteiger charge is 2.62. The summed E-state index contributed by atoms with van der Waals surface area (Å²) in [6.07, 6.45) is -0.805. The number of halogens is 4. The summed E-state index contributed by atoms with van der Waals surface area (Å²) >= 11 is 7.61. The lowest BCUT2D eigenvalue weighted by Crippen LogP contribution is -2.43. The number of rotatable bonds is 6. The van der Waals surface area contributed by atoms with Gasteiger partial charge in [0, 0.05) is 52.8 Å². The molecule has 8 nitrogen and oxygen atoms in total. The Bertz CT molecular complexity index is 1240. The zero-order valence-electron chi connectivity index (χ0n) is 18.9. The molecule has 0 spiro atoms. The Hall–Kier alpha value is -2.51. The van der Waals surface area contributed by atoms with Crippen molar-refractivity contribution in [3.63, 3.8) is 0 Å². The minimum atomic E-state index is -3.03. The van der Waals surface area contributed by atoms with E-state index >= 15 is 0 Å². The number of aliphatic hydroxyl groups excluding tert-OH is 1. The lowest BCUT2D eigenvalue weighted by Gasteiger charge is -2.31. The molecule has 192 valence electrons. The highest BCUT2D eigenvalue weighted by Crippen LogP contribution is 2.51. The van der Waals surface area contributed by atoms with Gasteiger partial charge in [-0.15, -0.1) is 11.3 Å². The van der Waals surface area contributed by atoms with Gasteiger partial charge in [-0.3, -0.25) is 9.89 Å². The first-order valence-electron chi connectivity index (χ1n) is 11.1. The third-order valence-electron chi connectivity index (χ3n) is 6.93. The van der Waals surface area contributed by atoms with E-state index in [0.29, 0.717) is 10.6 Å². The quantitative estimate of drug-likeness (QED) is 0.381. The average Bonchev–Trinajstić information content (AvgIpc) is 3.52. The van der Waals surface area contributed by atoms with Crippen LogP contribution in [-0.2, 0) is 9.53 Å². The number of carbonyl (C=O) groups excluding carboxylic acids is 1. The van der Waals surface area contributed by atoms with Crippen LogP contribution >= 0.6 is 22.9 Å². The van der Waals surface area contributed by atoms with E-state index in [2.05, 4.69) is 15.3 Å². The number of hydrogen-bond acceptors (Lipinski definition) is 9. The maximum absolute atomic E-state index is 14.7. The molecule has 0 radical (unpaired) electrons. The summed E-state index contributed by atoms with van der Waals surface area (Å²) in [7, 11) is 1.18. The molecule has 3 aliphatic rings. The molecule has 0 aliphatic carbocycles. The van der Waals surface area contributed by atoms with Crippen LogP contribution in [0.4, 0.5) is 13.2 Å². The van der Waals surface area contributed by atoms with Gasteiger partial charge < -0.3 is 20.3 Å². The van der Waals surface area contributed by atoms with Gasteiger partial charge in [0.05, 0.1) is 18.7 Å². The van der Waals surface area contributed by atoms with Crippen LogP contribution in [-0.4, -0.2) is 69.9 Å². The van der Waals surface area contributed by atoms with Crippen molar-refractivity contribution in [2.75, 3.05) is 13.7 Å². The minimum Gasteiger partial charge on any atom is -0.466 e. The largest absolute Gasteiger partial charge is 0.466 e. The number of methoxy groups -OCH3 is 1. The summed E-state index contributed by atoms with van der Waals surface area (Å²) in [5, 5.41) is 24.8. The second-order valence-corrected chi connectivity index (χ2v) is 10.2. The molecule has 4 atom stereocenters. The summed E-state index contributed by atoms with van der Waals surface area (Å²) in [5.41, 5.74) is 0.597. The van der Waals surface area contributed by atoms with Gasteiger partial charge in [-0.1, -0.05) is 17.7 Å². The van der Waals surface area contributed by atoms with Gasteiger partial charge in [0.25, 0.3) is 5.92 Å². The number of aliphatic hydroxyl groups is 2. The lowest BCUT2D eigenvalue weighted by molar-refractivity contribution is -0.136. The van der Waals surface area contributed by atoms with Crippen LogP contribution in [0.15, 0.2) is 46.0 Å². The smallest absolute Gasteiger partial charge is 0.338 e. The van der Waals surface area contributed by atoms with Gasteiger partial charge in [0.2, 0.25) is 0 Å². The SMILES string of the molecule is COC(=O)C1=C(CN2C3CC(F)(F)C2CC3C(O)O)NC(c2nccs2)=NC1c1ccc(F)cc1Cl. The third kappa shape index (κ3) is 4.30. The van der Waals surface area contributed by atoms with Crippen LogP contribution in [0.1, 0.15) is 29.5 Å². The molecule has 0 amide bonds. The zero-order valence-corrected chi connectivity index (χ0v) is 20.4. The maximum atomic E-state index is 14.7. The normalized spacial score (nSPS) is 27.4. The van der Waals surface area contributed by atoms with Crippen LogP contribution in [0.25, 0.3) is 0 Å². The number of esters is 1. The van der Waals surface area contributed by atoms with Crippen LogP contribution in [0.2, 0.25) is 5.02 Å². The van der Waals surface area contributed by atoms with Gasteiger partial charge in [-0.25, -0.2) is 22.9 Å². The molecule has 36 heavy (non-hydrogen) atoms. The van der Waals surface area contributed by atoms with Crippen molar-refractivity contribution in [2.45, 2.75) is 43.2 Å². The van der Waals surface area contributed by atoms with Crippen molar-refractivity contribution in [3.8, 4) is 0 Å². The zero-order chi connectivity index (χ0) is 25.8. The molecule has 3 aliphatic heterocycles. The number of ether oxygens (including phenoxy) is 1. The number of nitrogens with zero attached hydrogens (tertiary/aromatic N) is 3. The molecule has 2 fully saturated rings. The Morgan fingerprint density at radius 1 is 1.42 bits per heavy atom. The molecule has 1 aromatic carbocycles. The topological polar surface area (TPSA) is 107 Å². The molecule has 13 heteroatoms. The molecule has 1 aromatic heterocycles. The van der Waals surface area contributed by atoms with Gasteiger partial charge in [0.1, 0.15) is 11.9 Å². The number of aliphatic imine (C=N–C) groups is 1. The average molecular weight is 543 g/mol. The summed E-state index contributed by atoms with van der Waals surface area (Å²) in [6, 6.07) is 0.612. The molecule has 2 bridgehead atoms. The van der Waals surface area contributed by atoms with E-state index in [1.165, 1.54) is 35.5 Å². The summed E-state index contributed by atoms with van der Waals surface area (Å²) in [5.74, 6) is -4.83. The lowest BCUT2D eigenvalue weighted by atomic mass is 9.86. The maximum Gasteiger partial charge on any atom is 0.338 e. The monoisotopic (exact) mass is 542 g/mol. The first-order chi connectivity index (χ1) is 17.1. The fourth-order valence-corrected chi connectivity index (χ4v) is 6.18. The fraction of sp³-hybridized carbons (Fsp3) is 0.435. The van der Waals surface area contributed by atoms with Crippen LogP contribution < -0.4 is 5.32 Å². The molecule has 2 aromatic rings. The van der Waals surface area contributed by atoms with Gasteiger partial charge in [-0.05, 0) is 18.6 Å². The van der Waals surface area contributed by atoms with E-state index in [-0.39, 0.29) is 35.1 Å². The Balaban J connectivity index is 1.61. The molecule has 4 unspecified atom stereocenters.